The Morgan fingerprint density at radius 2 is 1.73 bits per heavy atom. The van der Waals surface area contributed by atoms with E-state index in [1.807, 2.05) is 30.3 Å². The normalized spacial score (nSPS) is 8.18. The summed E-state index contributed by atoms with van der Waals surface area (Å²) >= 11 is 3.25. The molecule has 0 aromatic heterocycles. The van der Waals surface area contributed by atoms with Crippen LogP contribution in [0.2, 0.25) is 0 Å². The summed E-state index contributed by atoms with van der Waals surface area (Å²) in [4.78, 5) is 0. The van der Waals surface area contributed by atoms with E-state index in [0.717, 1.165) is 11.0 Å². The highest BCUT2D eigenvalue weighted by Gasteiger charge is 1.72. The molecular formula is C9H14BrN. The van der Waals surface area contributed by atoms with Crippen LogP contribution in [0.25, 0.3) is 0 Å². The third-order valence-corrected chi connectivity index (χ3v) is 1.78. The average molecular weight is 216 g/mol. The van der Waals surface area contributed by atoms with Crippen LogP contribution in [-0.2, 0) is 0 Å². The average Bonchev–Trinajstić information content (AvgIpc) is 2.07. The molecule has 62 valence electrons. The molecular weight excluding hydrogens is 202 g/mol. The van der Waals surface area contributed by atoms with Gasteiger partial charge in [-0.3, -0.25) is 0 Å². The molecule has 0 unspecified atom stereocenters. The molecule has 1 nitrogen and oxygen atoms in total. The summed E-state index contributed by atoms with van der Waals surface area (Å²) in [5.74, 6) is 0. The monoisotopic (exact) mass is 215 g/mol. The fourth-order valence-corrected chi connectivity index (χ4v) is 0.453. The molecule has 2 heteroatoms. The summed E-state index contributed by atoms with van der Waals surface area (Å²) in [6.07, 6.45) is 1.24. The van der Waals surface area contributed by atoms with E-state index >= 15 is 0 Å². The van der Waals surface area contributed by atoms with Gasteiger partial charge in [-0.1, -0.05) is 41.1 Å². The molecule has 0 bridgehead atoms. The van der Waals surface area contributed by atoms with E-state index in [9.17, 15) is 0 Å². The van der Waals surface area contributed by atoms with Crippen LogP contribution in [0, 0.1) is 0 Å². The molecule has 0 aliphatic rings. The van der Waals surface area contributed by atoms with Crippen molar-refractivity contribution in [3.05, 3.63) is 30.3 Å². The molecule has 0 heterocycles. The molecule has 0 aliphatic carbocycles. The topological polar surface area (TPSA) is 26.0 Å². The van der Waals surface area contributed by atoms with Crippen LogP contribution in [0.1, 0.15) is 13.3 Å². The summed E-state index contributed by atoms with van der Waals surface area (Å²) in [6, 6.07) is 9.49. The fraction of sp³-hybridized carbons (Fsp3) is 0.333. The van der Waals surface area contributed by atoms with Gasteiger partial charge >= 0.3 is 0 Å². The molecule has 0 saturated heterocycles. The number of anilines is 1. The first-order chi connectivity index (χ1) is 5.31. The Morgan fingerprint density at radius 3 is 1.91 bits per heavy atom. The van der Waals surface area contributed by atoms with Gasteiger partial charge in [-0.05, 0) is 18.6 Å². The molecule has 0 fully saturated rings. The van der Waals surface area contributed by atoms with Gasteiger partial charge in [-0.25, -0.2) is 0 Å². The van der Waals surface area contributed by atoms with Gasteiger partial charge in [-0.2, -0.15) is 0 Å². The minimum absolute atomic E-state index is 0.822. The van der Waals surface area contributed by atoms with Crippen molar-refractivity contribution < 1.29 is 0 Å². The number of halogens is 1. The maximum Gasteiger partial charge on any atom is 0.0313 e. The molecule has 1 rings (SSSR count). The van der Waals surface area contributed by atoms with Gasteiger partial charge in [0, 0.05) is 11.0 Å². The predicted octanol–water partition coefficient (Wildman–Crippen LogP) is 3.06. The van der Waals surface area contributed by atoms with Crippen molar-refractivity contribution in [1.29, 1.82) is 0 Å². The van der Waals surface area contributed by atoms with E-state index in [1.165, 1.54) is 6.42 Å². The molecule has 0 aliphatic heterocycles. The van der Waals surface area contributed by atoms with Crippen molar-refractivity contribution in [2.24, 2.45) is 0 Å². The Bertz CT molecular complexity index is 160. The molecule has 0 amide bonds. The van der Waals surface area contributed by atoms with Crippen molar-refractivity contribution in [2.45, 2.75) is 13.3 Å². The van der Waals surface area contributed by atoms with Crippen molar-refractivity contribution in [2.75, 3.05) is 11.1 Å². The smallest absolute Gasteiger partial charge is 0.0313 e. The van der Waals surface area contributed by atoms with E-state index in [1.54, 1.807) is 0 Å². The first-order valence-electron chi connectivity index (χ1n) is 3.67. The maximum absolute atomic E-state index is 5.36. The number of hydrogen-bond acceptors (Lipinski definition) is 1. The second kappa shape index (κ2) is 7.61. The van der Waals surface area contributed by atoms with Gasteiger partial charge in [0.05, 0.1) is 0 Å². The summed E-state index contributed by atoms with van der Waals surface area (Å²) in [7, 11) is 0. The second-order valence-corrected chi connectivity index (χ2v) is 2.89. The number of benzene rings is 1. The zero-order chi connectivity index (χ0) is 8.53. The minimum Gasteiger partial charge on any atom is -0.399 e. The molecule has 0 spiro atoms. The van der Waals surface area contributed by atoms with Crippen LogP contribution in [0.3, 0.4) is 0 Å². The number of para-hydroxylation sites is 1. The Hall–Kier alpha value is -0.500. The zero-order valence-electron chi connectivity index (χ0n) is 6.76. The fourth-order valence-electron chi connectivity index (χ4n) is 0.453. The highest BCUT2D eigenvalue weighted by molar-refractivity contribution is 9.09. The number of alkyl halides is 1. The summed E-state index contributed by atoms with van der Waals surface area (Å²) in [5, 5.41) is 1.13. The second-order valence-electron chi connectivity index (χ2n) is 2.10. The lowest BCUT2D eigenvalue weighted by atomic mass is 10.3. The van der Waals surface area contributed by atoms with Crippen molar-refractivity contribution in [1.82, 2.24) is 0 Å². The lowest BCUT2D eigenvalue weighted by Crippen LogP contribution is -1.79. The summed E-state index contributed by atoms with van der Waals surface area (Å²) < 4.78 is 0. The zero-order valence-corrected chi connectivity index (χ0v) is 8.34. The van der Waals surface area contributed by atoms with Gasteiger partial charge < -0.3 is 5.73 Å². The van der Waals surface area contributed by atoms with E-state index < -0.39 is 0 Å². The van der Waals surface area contributed by atoms with Crippen LogP contribution < -0.4 is 5.73 Å². The first-order valence-corrected chi connectivity index (χ1v) is 4.80. The molecule has 2 N–H and O–H groups in total. The number of hydrogen-bond donors (Lipinski definition) is 1. The summed E-state index contributed by atoms with van der Waals surface area (Å²) in [5.41, 5.74) is 6.18. The van der Waals surface area contributed by atoms with Gasteiger partial charge in [-0.15, -0.1) is 0 Å². The van der Waals surface area contributed by atoms with Gasteiger partial charge in [0.1, 0.15) is 0 Å². The van der Waals surface area contributed by atoms with Crippen molar-refractivity contribution in [3.63, 3.8) is 0 Å². The molecule has 11 heavy (non-hydrogen) atoms. The van der Waals surface area contributed by atoms with Crippen molar-refractivity contribution in [3.8, 4) is 0 Å². The van der Waals surface area contributed by atoms with E-state index in [0.29, 0.717) is 0 Å². The lowest BCUT2D eigenvalue weighted by molar-refractivity contribution is 1.12. The van der Waals surface area contributed by atoms with Gasteiger partial charge in [0.15, 0.2) is 0 Å². The van der Waals surface area contributed by atoms with Gasteiger partial charge in [0.2, 0.25) is 0 Å². The molecule has 0 saturated carbocycles. The Balaban J connectivity index is 0.000000218. The number of nitrogens with two attached hydrogens (primary N) is 1. The molecule has 0 atom stereocenters. The van der Waals surface area contributed by atoms with Crippen LogP contribution in [0.15, 0.2) is 30.3 Å². The minimum atomic E-state index is 0.822. The third kappa shape index (κ3) is 7.40. The van der Waals surface area contributed by atoms with E-state index in [2.05, 4.69) is 22.9 Å². The number of rotatable bonds is 1. The Morgan fingerprint density at radius 1 is 1.27 bits per heavy atom. The maximum atomic E-state index is 5.36. The Kier molecular flexibility index (Phi) is 7.26. The van der Waals surface area contributed by atoms with Crippen LogP contribution in [-0.4, -0.2) is 5.33 Å². The summed E-state index contributed by atoms with van der Waals surface area (Å²) in [6.45, 7) is 2.13. The Labute approximate surface area is 76.7 Å². The quantitative estimate of drug-likeness (QED) is 0.566. The van der Waals surface area contributed by atoms with Crippen LogP contribution in [0.5, 0.6) is 0 Å². The standard InChI is InChI=1S/C6H7N.C3H7Br/c7-6-4-2-1-3-5-6;1-2-3-4/h1-5H,7H2;2-3H2,1H3. The van der Waals surface area contributed by atoms with Crippen molar-refractivity contribution >= 4 is 21.6 Å². The first kappa shape index (κ1) is 10.5. The van der Waals surface area contributed by atoms with Crippen LogP contribution >= 0.6 is 15.9 Å². The van der Waals surface area contributed by atoms with Gasteiger partial charge in [0.25, 0.3) is 0 Å². The number of nitrogen functional groups attached to an aromatic ring is 1. The van der Waals surface area contributed by atoms with E-state index in [4.69, 9.17) is 5.73 Å². The largest absolute Gasteiger partial charge is 0.399 e. The lowest BCUT2D eigenvalue weighted by Gasteiger charge is -1.83. The molecule has 0 radical (unpaired) electrons. The predicted molar refractivity (Wildman–Crippen MR) is 54.9 cm³/mol. The van der Waals surface area contributed by atoms with E-state index in [-0.39, 0.29) is 0 Å². The highest BCUT2D eigenvalue weighted by Crippen LogP contribution is 1.95. The SMILES string of the molecule is CCCBr.Nc1ccccc1. The van der Waals surface area contributed by atoms with Crippen LogP contribution in [0.4, 0.5) is 5.69 Å². The molecule has 1 aromatic carbocycles. The third-order valence-electron chi connectivity index (χ3n) is 0.989. The highest BCUT2D eigenvalue weighted by atomic mass is 79.9. The molecule has 1 aromatic rings.